The number of likely N-dealkylation sites (tertiary alicyclic amines) is 1. The molecule has 0 spiro atoms. The second kappa shape index (κ2) is 8.54. The van der Waals surface area contributed by atoms with Crippen LogP contribution >= 0.6 is 12.4 Å². The highest BCUT2D eigenvalue weighted by Gasteiger charge is 2.40. The van der Waals surface area contributed by atoms with Crippen molar-refractivity contribution in [1.29, 1.82) is 0 Å². The van der Waals surface area contributed by atoms with Crippen LogP contribution in [-0.2, 0) is 9.59 Å². The van der Waals surface area contributed by atoms with E-state index in [0.717, 1.165) is 25.1 Å². The predicted octanol–water partition coefficient (Wildman–Crippen LogP) is 1.81. The van der Waals surface area contributed by atoms with E-state index in [0.29, 0.717) is 25.4 Å². The van der Waals surface area contributed by atoms with Gasteiger partial charge in [-0.1, -0.05) is 12.1 Å². The van der Waals surface area contributed by atoms with Crippen molar-refractivity contribution in [3.8, 4) is 5.75 Å². The Balaban J connectivity index is 0.00000225. The van der Waals surface area contributed by atoms with Crippen LogP contribution in [0.1, 0.15) is 26.2 Å². The van der Waals surface area contributed by atoms with Crippen molar-refractivity contribution in [1.82, 2.24) is 4.90 Å². The fraction of sp³-hybridized carbons (Fsp3) is 0.556. The van der Waals surface area contributed by atoms with Gasteiger partial charge in [0.2, 0.25) is 11.8 Å². The third-order valence-corrected chi connectivity index (χ3v) is 4.86. The van der Waals surface area contributed by atoms with Crippen molar-refractivity contribution >= 4 is 29.9 Å². The maximum atomic E-state index is 12.8. The highest BCUT2D eigenvalue weighted by atomic mass is 35.5. The minimum atomic E-state index is -0.292. The lowest BCUT2D eigenvalue weighted by Gasteiger charge is -2.26. The van der Waals surface area contributed by atoms with E-state index in [-0.39, 0.29) is 42.6 Å². The van der Waals surface area contributed by atoms with Crippen molar-refractivity contribution in [3.05, 3.63) is 24.3 Å². The lowest BCUT2D eigenvalue weighted by Crippen LogP contribution is -2.43. The molecule has 0 aromatic heterocycles. The number of carbonyl (C=O) groups excluding carboxylic acids is 2. The molecule has 2 atom stereocenters. The topological polar surface area (TPSA) is 75.9 Å². The van der Waals surface area contributed by atoms with Crippen molar-refractivity contribution in [2.45, 2.75) is 32.2 Å². The summed E-state index contributed by atoms with van der Waals surface area (Å²) in [5.41, 5.74) is 6.52. The van der Waals surface area contributed by atoms with Crippen LogP contribution < -0.4 is 15.4 Å². The number of hydrogen-bond acceptors (Lipinski definition) is 4. The molecular weight excluding hydrogens is 342 g/mol. The zero-order valence-corrected chi connectivity index (χ0v) is 15.3. The number of nitrogens with zero attached hydrogens (tertiary/aromatic N) is 2. The Kier molecular flexibility index (Phi) is 6.67. The van der Waals surface area contributed by atoms with Crippen LogP contribution in [0, 0.1) is 5.92 Å². The van der Waals surface area contributed by atoms with Crippen molar-refractivity contribution < 1.29 is 14.3 Å². The summed E-state index contributed by atoms with van der Waals surface area (Å²) >= 11 is 0. The lowest BCUT2D eigenvalue weighted by molar-refractivity contribution is -0.136. The minimum absolute atomic E-state index is 0. The summed E-state index contributed by atoms with van der Waals surface area (Å²) in [7, 11) is 0. The smallest absolute Gasteiger partial charge is 0.228 e. The van der Waals surface area contributed by atoms with Gasteiger partial charge < -0.3 is 20.3 Å². The Morgan fingerprint density at radius 2 is 2.12 bits per heavy atom. The molecule has 3 rings (SSSR count). The first kappa shape index (κ1) is 19.5. The first-order valence-electron chi connectivity index (χ1n) is 8.68. The number of hydrogen-bond donors (Lipinski definition) is 1. The molecule has 2 aliphatic rings. The van der Waals surface area contributed by atoms with Crippen LogP contribution in [-0.4, -0.2) is 49.0 Å². The van der Waals surface area contributed by atoms with E-state index < -0.39 is 0 Å². The van der Waals surface area contributed by atoms with Crippen LogP contribution in [0.5, 0.6) is 5.75 Å². The molecule has 2 saturated heterocycles. The number of benzene rings is 1. The zero-order valence-electron chi connectivity index (χ0n) is 14.5. The maximum Gasteiger partial charge on any atom is 0.228 e. The van der Waals surface area contributed by atoms with Gasteiger partial charge in [-0.05, 0) is 31.9 Å². The van der Waals surface area contributed by atoms with Gasteiger partial charge in [0.1, 0.15) is 5.75 Å². The average molecular weight is 368 g/mol. The molecule has 0 aliphatic carbocycles. The molecule has 0 bridgehead atoms. The second-order valence-corrected chi connectivity index (χ2v) is 6.37. The first-order chi connectivity index (χ1) is 11.7. The SMILES string of the molecule is CCOc1ccccc1N1CC(C(=O)N2CCCC2CN)CC1=O.Cl. The molecule has 25 heavy (non-hydrogen) atoms. The summed E-state index contributed by atoms with van der Waals surface area (Å²) in [5, 5.41) is 0. The third-order valence-electron chi connectivity index (χ3n) is 4.86. The molecule has 0 saturated carbocycles. The van der Waals surface area contributed by atoms with Gasteiger partial charge in [0.05, 0.1) is 18.2 Å². The number of carbonyl (C=O) groups is 2. The van der Waals surface area contributed by atoms with Gasteiger partial charge in [-0.3, -0.25) is 9.59 Å². The normalized spacial score (nSPS) is 22.9. The largest absolute Gasteiger partial charge is 0.492 e. The summed E-state index contributed by atoms with van der Waals surface area (Å²) in [6.07, 6.45) is 2.21. The Labute approximate surface area is 154 Å². The Bertz CT molecular complexity index is 625. The van der Waals surface area contributed by atoms with Gasteiger partial charge in [-0.25, -0.2) is 0 Å². The summed E-state index contributed by atoms with van der Waals surface area (Å²) in [6.45, 7) is 4.10. The monoisotopic (exact) mass is 367 g/mol. The lowest BCUT2D eigenvalue weighted by atomic mass is 10.1. The Morgan fingerprint density at radius 1 is 1.36 bits per heavy atom. The molecule has 2 N–H and O–H groups in total. The number of ether oxygens (including phenoxy) is 1. The number of anilines is 1. The third kappa shape index (κ3) is 3.90. The average Bonchev–Trinajstić information content (AvgIpc) is 3.21. The number of halogens is 1. The van der Waals surface area contributed by atoms with Gasteiger partial charge in [-0.15, -0.1) is 12.4 Å². The maximum absolute atomic E-state index is 12.8. The highest BCUT2D eigenvalue weighted by Crippen LogP contribution is 2.34. The van der Waals surface area contributed by atoms with E-state index in [1.54, 1.807) is 4.90 Å². The van der Waals surface area contributed by atoms with Crippen LogP contribution in [0.2, 0.25) is 0 Å². The summed E-state index contributed by atoms with van der Waals surface area (Å²) < 4.78 is 5.62. The minimum Gasteiger partial charge on any atom is -0.492 e. The standard InChI is InChI=1S/C18H25N3O3.ClH/c1-2-24-16-8-4-3-7-15(16)21-12-13(10-17(21)22)18(23)20-9-5-6-14(20)11-19;/h3-4,7-8,13-14H,2,5-6,9-12,19H2,1H3;1H. The molecule has 7 heteroatoms. The van der Waals surface area contributed by atoms with Crippen LogP contribution in [0.3, 0.4) is 0 Å². The van der Waals surface area contributed by atoms with E-state index in [4.69, 9.17) is 10.5 Å². The van der Waals surface area contributed by atoms with E-state index in [1.807, 2.05) is 36.1 Å². The zero-order chi connectivity index (χ0) is 17.1. The Morgan fingerprint density at radius 3 is 2.84 bits per heavy atom. The first-order valence-corrected chi connectivity index (χ1v) is 8.68. The quantitative estimate of drug-likeness (QED) is 0.861. The molecule has 138 valence electrons. The number of amides is 2. The molecule has 2 unspecified atom stereocenters. The van der Waals surface area contributed by atoms with Gasteiger partial charge >= 0.3 is 0 Å². The fourth-order valence-electron chi connectivity index (χ4n) is 3.67. The molecule has 2 aliphatic heterocycles. The molecule has 6 nitrogen and oxygen atoms in total. The fourth-order valence-corrected chi connectivity index (χ4v) is 3.67. The van der Waals surface area contributed by atoms with Crippen LogP contribution in [0.4, 0.5) is 5.69 Å². The van der Waals surface area contributed by atoms with Gasteiger partial charge in [-0.2, -0.15) is 0 Å². The molecule has 1 aromatic carbocycles. The van der Waals surface area contributed by atoms with Gasteiger partial charge in [0, 0.05) is 32.1 Å². The van der Waals surface area contributed by atoms with E-state index in [2.05, 4.69) is 0 Å². The van der Waals surface area contributed by atoms with E-state index in [9.17, 15) is 9.59 Å². The summed E-state index contributed by atoms with van der Waals surface area (Å²) in [5.74, 6) is 0.429. The van der Waals surface area contributed by atoms with E-state index in [1.165, 1.54) is 0 Å². The number of para-hydroxylation sites is 2. The predicted molar refractivity (Wildman–Crippen MR) is 99.1 cm³/mol. The van der Waals surface area contributed by atoms with Crippen molar-refractivity contribution in [2.75, 3.05) is 31.1 Å². The molecular formula is C18H26ClN3O3. The van der Waals surface area contributed by atoms with Crippen molar-refractivity contribution in [2.24, 2.45) is 11.7 Å². The van der Waals surface area contributed by atoms with E-state index >= 15 is 0 Å². The summed E-state index contributed by atoms with van der Waals surface area (Å²) in [6, 6.07) is 7.61. The molecule has 2 heterocycles. The Hall–Kier alpha value is -1.79. The number of rotatable bonds is 5. The highest BCUT2D eigenvalue weighted by molar-refractivity contribution is 6.01. The van der Waals surface area contributed by atoms with Gasteiger partial charge in [0.25, 0.3) is 0 Å². The molecule has 2 fully saturated rings. The van der Waals surface area contributed by atoms with Crippen LogP contribution in [0.15, 0.2) is 24.3 Å². The molecule has 2 amide bonds. The molecule has 0 radical (unpaired) electrons. The molecule has 1 aromatic rings. The van der Waals surface area contributed by atoms with Crippen LogP contribution in [0.25, 0.3) is 0 Å². The second-order valence-electron chi connectivity index (χ2n) is 6.37. The number of nitrogens with two attached hydrogens (primary N) is 1. The van der Waals surface area contributed by atoms with Crippen molar-refractivity contribution in [3.63, 3.8) is 0 Å². The van der Waals surface area contributed by atoms with Gasteiger partial charge in [0.15, 0.2) is 0 Å². The summed E-state index contributed by atoms with van der Waals surface area (Å²) in [4.78, 5) is 28.8.